The zero-order valence-electron chi connectivity index (χ0n) is 17.8. The van der Waals surface area contributed by atoms with E-state index in [0.29, 0.717) is 34.9 Å². The lowest BCUT2D eigenvalue weighted by Crippen LogP contribution is -2.29. The highest BCUT2D eigenvalue weighted by Crippen LogP contribution is 2.42. The molecule has 1 N–H and O–H groups in total. The number of amides is 1. The predicted molar refractivity (Wildman–Crippen MR) is 122 cm³/mol. The zero-order valence-corrected chi connectivity index (χ0v) is 17.8. The Morgan fingerprint density at radius 1 is 0.938 bits per heavy atom. The van der Waals surface area contributed by atoms with Gasteiger partial charge in [0.05, 0.1) is 25.3 Å². The lowest BCUT2D eigenvalue weighted by molar-refractivity contribution is -0.132. The molecule has 0 aliphatic carbocycles. The molecule has 1 aliphatic rings. The van der Waals surface area contributed by atoms with E-state index < -0.39 is 17.7 Å². The number of carbonyl (C=O) groups is 2. The molecular formula is C26H23NO5. The van der Waals surface area contributed by atoms with E-state index in [1.54, 1.807) is 55.6 Å². The molecule has 6 heteroatoms. The van der Waals surface area contributed by atoms with Gasteiger partial charge >= 0.3 is 0 Å². The highest BCUT2D eigenvalue weighted by Gasteiger charge is 2.46. The van der Waals surface area contributed by atoms with Crippen LogP contribution < -0.4 is 14.4 Å². The van der Waals surface area contributed by atoms with Crippen LogP contribution in [0.4, 0.5) is 5.69 Å². The van der Waals surface area contributed by atoms with Crippen molar-refractivity contribution in [2.45, 2.75) is 13.0 Å². The standard InChI is InChI=1S/C26H23NO5/c1-3-32-21-11-7-10-18(16-21)24(28)22-23(17-8-5-4-6-9-17)27(26(30)25(22)29)19-12-14-20(31-2)15-13-19/h4-16,23,28H,3H2,1-2H3/b24-22-. The van der Waals surface area contributed by atoms with Crippen LogP contribution in [-0.2, 0) is 9.59 Å². The van der Waals surface area contributed by atoms with E-state index in [9.17, 15) is 14.7 Å². The second-order valence-electron chi connectivity index (χ2n) is 7.24. The molecule has 0 bridgehead atoms. The Bertz CT molecular complexity index is 1170. The van der Waals surface area contributed by atoms with Crippen molar-refractivity contribution in [1.82, 2.24) is 0 Å². The van der Waals surface area contributed by atoms with E-state index in [1.807, 2.05) is 37.3 Å². The summed E-state index contributed by atoms with van der Waals surface area (Å²) in [5.74, 6) is -0.484. The van der Waals surface area contributed by atoms with Crippen LogP contribution in [-0.4, -0.2) is 30.5 Å². The Morgan fingerprint density at radius 3 is 2.31 bits per heavy atom. The maximum atomic E-state index is 13.2. The first kappa shape index (κ1) is 21.2. The van der Waals surface area contributed by atoms with E-state index in [0.717, 1.165) is 0 Å². The van der Waals surface area contributed by atoms with Gasteiger partial charge in [-0.1, -0.05) is 42.5 Å². The average Bonchev–Trinajstić information content (AvgIpc) is 3.10. The molecule has 3 aromatic rings. The third-order valence-corrected chi connectivity index (χ3v) is 5.33. The van der Waals surface area contributed by atoms with Gasteiger partial charge in [-0.25, -0.2) is 0 Å². The number of ether oxygens (including phenoxy) is 2. The predicted octanol–water partition coefficient (Wildman–Crippen LogP) is 4.72. The maximum Gasteiger partial charge on any atom is 0.300 e. The molecule has 1 unspecified atom stereocenters. The van der Waals surface area contributed by atoms with Crippen molar-refractivity contribution in [3.63, 3.8) is 0 Å². The van der Waals surface area contributed by atoms with Gasteiger partial charge in [-0.2, -0.15) is 0 Å². The zero-order chi connectivity index (χ0) is 22.7. The van der Waals surface area contributed by atoms with E-state index in [-0.39, 0.29) is 11.3 Å². The molecule has 1 atom stereocenters. The van der Waals surface area contributed by atoms with Gasteiger partial charge in [0.1, 0.15) is 17.3 Å². The Hall–Kier alpha value is -4.06. The highest BCUT2D eigenvalue weighted by atomic mass is 16.5. The first-order valence-electron chi connectivity index (χ1n) is 10.3. The number of carbonyl (C=O) groups excluding carboxylic acids is 2. The van der Waals surface area contributed by atoms with Gasteiger partial charge in [-0.05, 0) is 48.9 Å². The van der Waals surface area contributed by atoms with E-state index in [1.165, 1.54) is 4.90 Å². The summed E-state index contributed by atoms with van der Waals surface area (Å²) in [5, 5.41) is 11.2. The van der Waals surface area contributed by atoms with Gasteiger partial charge in [-0.3, -0.25) is 14.5 Å². The van der Waals surface area contributed by atoms with Gasteiger partial charge in [0, 0.05) is 11.3 Å². The van der Waals surface area contributed by atoms with Crippen molar-refractivity contribution in [1.29, 1.82) is 0 Å². The minimum atomic E-state index is -0.777. The number of Topliss-reactive ketones (excluding diaryl/α,β-unsaturated/α-hetero) is 1. The molecule has 0 saturated carbocycles. The minimum absolute atomic E-state index is 0.0330. The number of methoxy groups -OCH3 is 1. The highest BCUT2D eigenvalue weighted by molar-refractivity contribution is 6.51. The molecule has 4 rings (SSSR count). The lowest BCUT2D eigenvalue weighted by atomic mass is 9.95. The summed E-state index contributed by atoms with van der Waals surface area (Å²) in [5.41, 5.74) is 1.68. The fourth-order valence-corrected chi connectivity index (χ4v) is 3.85. The van der Waals surface area contributed by atoms with Gasteiger partial charge in [0.15, 0.2) is 0 Å². The van der Waals surface area contributed by atoms with Crippen molar-refractivity contribution < 1.29 is 24.2 Å². The Labute approximate surface area is 186 Å². The fraction of sp³-hybridized carbons (Fsp3) is 0.154. The second kappa shape index (κ2) is 8.98. The molecule has 1 heterocycles. The summed E-state index contributed by atoms with van der Waals surface area (Å²) >= 11 is 0. The fourth-order valence-electron chi connectivity index (χ4n) is 3.85. The maximum absolute atomic E-state index is 13.2. The Morgan fingerprint density at radius 2 is 1.66 bits per heavy atom. The van der Waals surface area contributed by atoms with Crippen LogP contribution in [0.3, 0.4) is 0 Å². The first-order chi connectivity index (χ1) is 15.5. The lowest BCUT2D eigenvalue weighted by Gasteiger charge is -2.25. The number of nitrogens with zero attached hydrogens (tertiary/aromatic N) is 1. The molecule has 1 saturated heterocycles. The number of benzene rings is 3. The summed E-state index contributed by atoms with van der Waals surface area (Å²) in [6.45, 7) is 2.33. The van der Waals surface area contributed by atoms with Crippen LogP contribution in [0.2, 0.25) is 0 Å². The quantitative estimate of drug-likeness (QED) is 0.349. The molecule has 32 heavy (non-hydrogen) atoms. The summed E-state index contributed by atoms with van der Waals surface area (Å²) < 4.78 is 10.7. The molecule has 6 nitrogen and oxygen atoms in total. The van der Waals surface area contributed by atoms with Crippen molar-refractivity contribution >= 4 is 23.1 Å². The number of aliphatic hydroxyl groups excluding tert-OH is 1. The summed E-state index contributed by atoms with van der Waals surface area (Å²) in [4.78, 5) is 27.7. The number of hydrogen-bond acceptors (Lipinski definition) is 5. The van der Waals surface area contributed by atoms with E-state index in [2.05, 4.69) is 0 Å². The number of ketones is 1. The Balaban J connectivity index is 1.89. The largest absolute Gasteiger partial charge is 0.507 e. The molecule has 1 amide bonds. The van der Waals surface area contributed by atoms with Crippen LogP contribution >= 0.6 is 0 Å². The molecular weight excluding hydrogens is 406 g/mol. The van der Waals surface area contributed by atoms with Crippen molar-refractivity contribution in [2.75, 3.05) is 18.6 Å². The van der Waals surface area contributed by atoms with Crippen LogP contribution in [0.15, 0.2) is 84.4 Å². The molecule has 3 aromatic carbocycles. The smallest absolute Gasteiger partial charge is 0.300 e. The first-order valence-corrected chi connectivity index (χ1v) is 10.3. The monoisotopic (exact) mass is 429 g/mol. The van der Waals surface area contributed by atoms with Crippen LogP contribution in [0, 0.1) is 0 Å². The van der Waals surface area contributed by atoms with Crippen molar-refractivity contribution in [3.8, 4) is 11.5 Å². The van der Waals surface area contributed by atoms with Crippen LogP contribution in [0.25, 0.3) is 5.76 Å². The number of rotatable bonds is 6. The Kier molecular flexibility index (Phi) is 5.94. The molecule has 0 spiro atoms. The van der Waals surface area contributed by atoms with Gasteiger partial charge in [0.2, 0.25) is 0 Å². The molecule has 0 aromatic heterocycles. The molecule has 1 aliphatic heterocycles. The third kappa shape index (κ3) is 3.83. The van der Waals surface area contributed by atoms with E-state index in [4.69, 9.17) is 9.47 Å². The molecule has 1 fully saturated rings. The van der Waals surface area contributed by atoms with Crippen LogP contribution in [0.1, 0.15) is 24.1 Å². The van der Waals surface area contributed by atoms with Gasteiger partial charge in [-0.15, -0.1) is 0 Å². The van der Waals surface area contributed by atoms with Crippen molar-refractivity contribution in [3.05, 3.63) is 95.6 Å². The van der Waals surface area contributed by atoms with Crippen molar-refractivity contribution in [2.24, 2.45) is 0 Å². The summed E-state index contributed by atoms with van der Waals surface area (Å²) in [6, 6.07) is 22.1. The number of anilines is 1. The third-order valence-electron chi connectivity index (χ3n) is 5.33. The topological polar surface area (TPSA) is 76.1 Å². The molecule has 162 valence electrons. The minimum Gasteiger partial charge on any atom is -0.507 e. The number of aliphatic hydroxyl groups is 1. The van der Waals surface area contributed by atoms with Crippen LogP contribution in [0.5, 0.6) is 11.5 Å². The second-order valence-corrected chi connectivity index (χ2v) is 7.24. The normalized spacial score (nSPS) is 17.4. The summed E-state index contributed by atoms with van der Waals surface area (Å²) in [7, 11) is 1.56. The molecule has 0 radical (unpaired) electrons. The summed E-state index contributed by atoms with van der Waals surface area (Å²) in [6.07, 6.45) is 0. The SMILES string of the molecule is CCOc1cccc(/C(O)=C2/C(=O)C(=O)N(c3ccc(OC)cc3)C2c2ccccc2)c1. The van der Waals surface area contributed by atoms with E-state index >= 15 is 0 Å². The average molecular weight is 429 g/mol. The number of hydrogen-bond donors (Lipinski definition) is 1. The van der Waals surface area contributed by atoms with Gasteiger partial charge < -0.3 is 14.6 Å². The van der Waals surface area contributed by atoms with Gasteiger partial charge in [0.25, 0.3) is 11.7 Å².